The Morgan fingerprint density at radius 3 is 1.87 bits per heavy atom. The molecule has 31 heavy (non-hydrogen) atoms. The third kappa shape index (κ3) is 5.14. The minimum atomic E-state index is -4.79. The summed E-state index contributed by atoms with van der Waals surface area (Å²) >= 11 is 0. The van der Waals surface area contributed by atoms with Crippen LogP contribution >= 0.6 is 0 Å². The molecule has 0 aliphatic carbocycles. The molecule has 10 heteroatoms. The smallest absolute Gasteiger partial charge is 0.341 e. The van der Waals surface area contributed by atoms with Crippen LogP contribution in [0.4, 0.5) is 26.3 Å². The van der Waals surface area contributed by atoms with Gasteiger partial charge in [0.2, 0.25) is 0 Å². The minimum Gasteiger partial charge on any atom is -0.341 e. The summed E-state index contributed by atoms with van der Waals surface area (Å²) in [4.78, 5) is 26.2. The average molecular weight is 440 g/mol. The van der Waals surface area contributed by atoms with Crippen molar-refractivity contribution >= 4 is 5.91 Å². The van der Waals surface area contributed by atoms with Crippen LogP contribution in [0.15, 0.2) is 71.5 Å². The molecule has 1 atom stereocenters. The molecule has 4 nitrogen and oxygen atoms in total. The molecule has 1 aromatic heterocycles. The Bertz CT molecular complexity index is 1120. The molecule has 3 aromatic rings. The lowest BCUT2D eigenvalue weighted by Gasteiger charge is -2.20. The van der Waals surface area contributed by atoms with Crippen LogP contribution in [0.3, 0.4) is 0 Å². The maximum absolute atomic E-state index is 12.8. The first-order valence-electron chi connectivity index (χ1n) is 8.80. The third-order valence-electron chi connectivity index (χ3n) is 4.44. The van der Waals surface area contributed by atoms with Crippen LogP contribution in [-0.4, -0.2) is 10.9 Å². The Hall–Kier alpha value is -3.56. The van der Waals surface area contributed by atoms with Gasteiger partial charge in [-0.25, -0.2) is 0 Å². The highest BCUT2D eigenvalue weighted by Crippen LogP contribution is 2.31. The second-order valence-electron chi connectivity index (χ2n) is 6.55. The van der Waals surface area contributed by atoms with E-state index in [0.717, 1.165) is 18.2 Å². The number of halogens is 6. The van der Waals surface area contributed by atoms with Crippen LogP contribution in [0.2, 0.25) is 0 Å². The van der Waals surface area contributed by atoms with Crippen LogP contribution in [0.25, 0.3) is 0 Å². The molecule has 2 aromatic carbocycles. The monoisotopic (exact) mass is 440 g/mol. The molecule has 1 unspecified atom stereocenters. The number of carbonyl (C=O) groups is 1. The second kappa shape index (κ2) is 8.29. The van der Waals surface area contributed by atoms with Gasteiger partial charge < -0.3 is 10.3 Å². The number of H-pyrrole nitrogens is 1. The maximum Gasteiger partial charge on any atom is 0.431 e. The number of alkyl halides is 6. The van der Waals surface area contributed by atoms with Gasteiger partial charge >= 0.3 is 12.4 Å². The van der Waals surface area contributed by atoms with Crippen molar-refractivity contribution in [3.8, 4) is 0 Å². The van der Waals surface area contributed by atoms with Gasteiger partial charge in [0.05, 0.1) is 11.6 Å². The number of nitrogens with one attached hydrogen (secondary N) is 2. The van der Waals surface area contributed by atoms with Crippen molar-refractivity contribution in [1.29, 1.82) is 0 Å². The van der Waals surface area contributed by atoms with E-state index in [-0.39, 0.29) is 5.56 Å². The van der Waals surface area contributed by atoms with Crippen LogP contribution in [0.5, 0.6) is 0 Å². The largest absolute Gasteiger partial charge is 0.431 e. The molecule has 0 bridgehead atoms. The van der Waals surface area contributed by atoms with Gasteiger partial charge in [0.25, 0.3) is 11.5 Å². The summed E-state index contributed by atoms with van der Waals surface area (Å²) in [6.45, 7) is 0. The molecule has 0 radical (unpaired) electrons. The highest BCUT2D eigenvalue weighted by atomic mass is 19.4. The maximum atomic E-state index is 12.8. The highest BCUT2D eigenvalue weighted by molar-refractivity contribution is 5.94. The average Bonchev–Trinajstić information content (AvgIpc) is 2.71. The summed E-state index contributed by atoms with van der Waals surface area (Å²) in [6, 6.07) is 12.6. The first kappa shape index (κ1) is 22.1. The number of aromatic nitrogens is 1. The van der Waals surface area contributed by atoms with Gasteiger partial charge in [-0.15, -0.1) is 0 Å². The first-order valence-corrected chi connectivity index (χ1v) is 8.80. The lowest BCUT2D eigenvalue weighted by atomic mass is 9.97. The van der Waals surface area contributed by atoms with E-state index in [1.54, 1.807) is 35.3 Å². The number of pyridine rings is 1. The number of aromatic amines is 1. The number of rotatable bonds is 4. The SMILES string of the molecule is O=C(NC(c1ccccc1)c1ccc(C(F)(F)F)cc1)c1ccc(C(F)(F)F)[nH]c1=O. The number of hydrogen-bond acceptors (Lipinski definition) is 2. The molecule has 0 aliphatic rings. The molecule has 1 heterocycles. The lowest BCUT2D eigenvalue weighted by molar-refractivity contribution is -0.141. The Labute approximate surface area is 171 Å². The number of amides is 1. The van der Waals surface area contributed by atoms with Crippen molar-refractivity contribution in [3.63, 3.8) is 0 Å². The minimum absolute atomic E-state index is 0.288. The molecule has 1 amide bonds. The number of hydrogen-bond donors (Lipinski definition) is 2. The zero-order valence-corrected chi connectivity index (χ0v) is 15.5. The standard InChI is InChI=1S/C21H14F6N2O2/c22-20(23,24)14-8-6-13(7-9-14)17(12-4-2-1-3-5-12)29-19(31)15-10-11-16(21(25,26)27)28-18(15)30/h1-11,17H,(H,28,30)(H,29,31). The van der Waals surface area contributed by atoms with Crippen molar-refractivity contribution in [2.24, 2.45) is 0 Å². The van der Waals surface area contributed by atoms with E-state index in [2.05, 4.69) is 5.32 Å². The van der Waals surface area contributed by atoms with E-state index in [1.165, 1.54) is 12.1 Å². The molecule has 162 valence electrons. The predicted molar refractivity (Wildman–Crippen MR) is 99.3 cm³/mol. The van der Waals surface area contributed by atoms with Gasteiger partial charge in [0.15, 0.2) is 0 Å². The van der Waals surface area contributed by atoms with Gasteiger partial charge in [0, 0.05) is 0 Å². The van der Waals surface area contributed by atoms with Gasteiger partial charge in [-0.3, -0.25) is 9.59 Å². The van der Waals surface area contributed by atoms with Crippen molar-refractivity contribution in [2.45, 2.75) is 18.4 Å². The van der Waals surface area contributed by atoms with E-state index in [9.17, 15) is 35.9 Å². The van der Waals surface area contributed by atoms with Crippen LogP contribution < -0.4 is 10.9 Å². The molecule has 0 spiro atoms. The molecular formula is C21H14F6N2O2. The second-order valence-corrected chi connectivity index (χ2v) is 6.55. The van der Waals surface area contributed by atoms with E-state index in [4.69, 9.17) is 0 Å². The lowest BCUT2D eigenvalue weighted by Crippen LogP contribution is -2.34. The fourth-order valence-electron chi connectivity index (χ4n) is 2.90. The summed E-state index contributed by atoms with van der Waals surface area (Å²) in [6.07, 6.45) is -9.33. The zero-order chi connectivity index (χ0) is 22.8. The predicted octanol–water partition coefficient (Wildman–Crippen LogP) is 4.93. The van der Waals surface area contributed by atoms with Gasteiger partial charge in [0.1, 0.15) is 11.3 Å². The van der Waals surface area contributed by atoms with Gasteiger partial charge in [-0.05, 0) is 35.4 Å². The van der Waals surface area contributed by atoms with E-state index >= 15 is 0 Å². The van der Waals surface area contributed by atoms with Crippen LogP contribution in [-0.2, 0) is 12.4 Å². The summed E-state index contributed by atoms with van der Waals surface area (Å²) in [5.74, 6) is -0.983. The van der Waals surface area contributed by atoms with E-state index in [1.807, 2.05) is 0 Å². The Morgan fingerprint density at radius 1 is 0.774 bits per heavy atom. The normalized spacial score (nSPS) is 13.0. The fraction of sp³-hybridized carbons (Fsp3) is 0.143. The Balaban J connectivity index is 1.95. The van der Waals surface area contributed by atoms with Crippen LogP contribution in [0.1, 0.15) is 38.8 Å². The van der Waals surface area contributed by atoms with E-state index < -0.39 is 46.7 Å². The van der Waals surface area contributed by atoms with Crippen molar-refractivity contribution in [3.05, 3.63) is 105 Å². The van der Waals surface area contributed by atoms with Crippen molar-refractivity contribution < 1.29 is 31.1 Å². The third-order valence-corrected chi connectivity index (χ3v) is 4.44. The summed E-state index contributed by atoms with van der Waals surface area (Å²) in [5.41, 5.74) is -3.22. The van der Waals surface area contributed by atoms with Crippen molar-refractivity contribution in [1.82, 2.24) is 10.3 Å². The molecule has 2 N–H and O–H groups in total. The quantitative estimate of drug-likeness (QED) is 0.565. The summed E-state index contributed by atoms with van der Waals surface area (Å²) in [5, 5.41) is 2.50. The first-order chi connectivity index (χ1) is 14.5. The molecule has 0 aliphatic heterocycles. The highest BCUT2D eigenvalue weighted by Gasteiger charge is 2.33. The summed E-state index contributed by atoms with van der Waals surface area (Å²) in [7, 11) is 0. The number of carbonyl (C=O) groups excluding carboxylic acids is 1. The number of benzene rings is 2. The zero-order valence-electron chi connectivity index (χ0n) is 15.5. The van der Waals surface area contributed by atoms with Gasteiger partial charge in [-0.1, -0.05) is 42.5 Å². The van der Waals surface area contributed by atoms with E-state index in [0.29, 0.717) is 11.6 Å². The Kier molecular flexibility index (Phi) is 5.92. The molecular weight excluding hydrogens is 426 g/mol. The molecule has 3 rings (SSSR count). The van der Waals surface area contributed by atoms with Gasteiger partial charge in [-0.2, -0.15) is 26.3 Å². The van der Waals surface area contributed by atoms with Crippen LogP contribution in [0, 0.1) is 0 Å². The summed E-state index contributed by atoms with van der Waals surface area (Å²) < 4.78 is 76.7. The van der Waals surface area contributed by atoms with Crippen molar-refractivity contribution in [2.75, 3.05) is 0 Å². The molecule has 0 saturated heterocycles. The topological polar surface area (TPSA) is 62.0 Å². The fourth-order valence-corrected chi connectivity index (χ4v) is 2.90. The molecule has 0 fully saturated rings. The Morgan fingerprint density at radius 2 is 1.35 bits per heavy atom. The molecule has 0 saturated carbocycles.